The lowest BCUT2D eigenvalue weighted by Gasteiger charge is -2.26. The van der Waals surface area contributed by atoms with E-state index in [0.717, 1.165) is 17.5 Å². The molecule has 0 amide bonds. The molecule has 0 spiro atoms. The van der Waals surface area contributed by atoms with Crippen molar-refractivity contribution in [3.05, 3.63) is 45.3 Å². The van der Waals surface area contributed by atoms with Crippen LogP contribution in [0.3, 0.4) is 0 Å². The zero-order chi connectivity index (χ0) is 11.5. The summed E-state index contributed by atoms with van der Waals surface area (Å²) in [6, 6.07) is 6.85. The second kappa shape index (κ2) is 4.23. The van der Waals surface area contributed by atoms with Gasteiger partial charge < -0.3 is 5.11 Å². The van der Waals surface area contributed by atoms with Crippen LogP contribution in [-0.2, 0) is 6.42 Å². The molecule has 0 fully saturated rings. The predicted octanol–water partition coefficient (Wildman–Crippen LogP) is 2.22. The second-order valence-corrected chi connectivity index (χ2v) is 3.78. The zero-order valence-electron chi connectivity index (χ0n) is 8.54. The molecule has 0 unspecified atom stereocenters. The van der Waals surface area contributed by atoms with E-state index in [0.29, 0.717) is 12.0 Å². The van der Waals surface area contributed by atoms with Crippen LogP contribution in [0.25, 0.3) is 10.4 Å². The Labute approximate surface area is 92.6 Å². The second-order valence-electron chi connectivity index (χ2n) is 3.78. The molecule has 1 aromatic carbocycles. The van der Waals surface area contributed by atoms with Crippen LogP contribution in [0.2, 0.25) is 0 Å². The smallest absolute Gasteiger partial charge is 0.0991 e. The van der Waals surface area contributed by atoms with Gasteiger partial charge in [-0.3, -0.25) is 0 Å². The summed E-state index contributed by atoms with van der Waals surface area (Å²) in [7, 11) is 0. The Bertz CT molecular complexity index is 499. The minimum Gasteiger partial charge on any atom is -0.388 e. The molecule has 0 bridgehead atoms. The van der Waals surface area contributed by atoms with E-state index in [-0.39, 0.29) is 0 Å². The van der Waals surface area contributed by atoms with Gasteiger partial charge in [-0.25, -0.2) is 0 Å². The number of fused-ring (bicyclic) bond motifs is 1. The summed E-state index contributed by atoms with van der Waals surface area (Å²) in [5, 5.41) is 22.3. The number of benzene rings is 1. The Kier molecular flexibility index (Phi) is 2.78. The van der Waals surface area contributed by atoms with Gasteiger partial charge in [0.1, 0.15) is 0 Å². The first-order valence-corrected chi connectivity index (χ1v) is 5.01. The Morgan fingerprint density at radius 1 is 1.56 bits per heavy atom. The highest BCUT2D eigenvalue weighted by Gasteiger charge is 2.26. The van der Waals surface area contributed by atoms with Crippen LogP contribution < -0.4 is 0 Å². The molecule has 5 heteroatoms. The van der Waals surface area contributed by atoms with E-state index in [9.17, 15) is 5.11 Å². The van der Waals surface area contributed by atoms with E-state index in [1.165, 1.54) is 0 Å². The van der Waals surface area contributed by atoms with Crippen molar-refractivity contribution in [2.24, 2.45) is 5.11 Å². The van der Waals surface area contributed by atoms with Crippen molar-refractivity contribution < 1.29 is 5.11 Å². The molecule has 0 aromatic heterocycles. The van der Waals surface area contributed by atoms with Gasteiger partial charge in [0, 0.05) is 4.91 Å². The van der Waals surface area contributed by atoms with Gasteiger partial charge in [0.25, 0.3) is 0 Å². The van der Waals surface area contributed by atoms with E-state index in [4.69, 9.17) is 10.8 Å². The molecule has 5 nitrogen and oxygen atoms in total. The average Bonchev–Trinajstić information content (AvgIpc) is 2.32. The Balaban J connectivity index is 2.39. The first-order chi connectivity index (χ1) is 7.76. The maximum atomic E-state index is 9.97. The number of rotatable bonds is 1. The lowest BCUT2D eigenvalue weighted by atomic mass is 9.85. The van der Waals surface area contributed by atoms with Crippen LogP contribution >= 0.6 is 0 Å². The quantitative estimate of drug-likeness (QED) is 0.441. The van der Waals surface area contributed by atoms with E-state index in [1.54, 1.807) is 18.2 Å². The number of azide groups is 1. The lowest BCUT2D eigenvalue weighted by Crippen LogP contribution is -2.23. The van der Waals surface area contributed by atoms with E-state index >= 15 is 0 Å². The molecule has 0 saturated carbocycles. The predicted molar refractivity (Wildman–Crippen MR) is 57.4 cm³/mol. The Hall–Kier alpha value is -2.02. The fourth-order valence-electron chi connectivity index (χ4n) is 2.04. The van der Waals surface area contributed by atoms with Crippen LogP contribution in [-0.4, -0.2) is 11.1 Å². The van der Waals surface area contributed by atoms with Gasteiger partial charge in [-0.15, -0.1) is 0 Å². The highest BCUT2D eigenvalue weighted by molar-refractivity contribution is 5.41. The summed E-state index contributed by atoms with van der Waals surface area (Å²) in [6.07, 6.45) is 0.589. The van der Waals surface area contributed by atoms with Crippen LogP contribution in [0.1, 0.15) is 29.2 Å². The molecule has 1 aliphatic carbocycles. The molecule has 16 heavy (non-hydrogen) atoms. The van der Waals surface area contributed by atoms with Crippen molar-refractivity contribution >= 4 is 0 Å². The third kappa shape index (κ3) is 1.72. The highest BCUT2D eigenvalue weighted by Crippen LogP contribution is 2.32. The van der Waals surface area contributed by atoms with Gasteiger partial charge >= 0.3 is 0 Å². The molecule has 1 aromatic rings. The molecular weight excluding hydrogens is 204 g/mol. The monoisotopic (exact) mass is 214 g/mol. The minimum atomic E-state index is -0.757. The van der Waals surface area contributed by atoms with Crippen molar-refractivity contribution in [3.63, 3.8) is 0 Å². The number of aliphatic hydroxyl groups is 1. The summed E-state index contributed by atoms with van der Waals surface area (Å²) in [5.41, 5.74) is 10.7. The fourth-order valence-corrected chi connectivity index (χ4v) is 2.04. The van der Waals surface area contributed by atoms with Crippen LogP contribution in [0, 0.1) is 11.3 Å². The molecule has 2 rings (SSSR count). The normalized spacial score (nSPS) is 22.8. The van der Waals surface area contributed by atoms with Gasteiger partial charge in [0.2, 0.25) is 0 Å². The van der Waals surface area contributed by atoms with E-state index in [2.05, 4.69) is 16.1 Å². The van der Waals surface area contributed by atoms with Gasteiger partial charge in [-0.1, -0.05) is 11.2 Å². The molecule has 1 N–H and O–H groups in total. The van der Waals surface area contributed by atoms with Crippen LogP contribution in [0.4, 0.5) is 0 Å². The zero-order valence-corrected chi connectivity index (χ0v) is 8.54. The van der Waals surface area contributed by atoms with Crippen LogP contribution in [0.15, 0.2) is 23.3 Å². The van der Waals surface area contributed by atoms with E-state index < -0.39 is 12.1 Å². The number of aryl methyl sites for hydroxylation is 1. The SMILES string of the molecule is N#Cc1ccc2c(c1)CC[C@H](N=[N+]=[N-])[C@H]2O. The molecular formula is C11H10N4O. The summed E-state index contributed by atoms with van der Waals surface area (Å²) in [4.78, 5) is 2.73. The third-order valence-corrected chi connectivity index (χ3v) is 2.86. The molecule has 0 radical (unpaired) electrons. The highest BCUT2D eigenvalue weighted by atomic mass is 16.3. The number of nitrogens with zero attached hydrogens (tertiary/aromatic N) is 4. The van der Waals surface area contributed by atoms with Crippen molar-refractivity contribution in [2.45, 2.75) is 25.0 Å². The average molecular weight is 214 g/mol. The molecule has 80 valence electrons. The van der Waals surface area contributed by atoms with Gasteiger partial charge in [0.05, 0.1) is 23.8 Å². The first-order valence-electron chi connectivity index (χ1n) is 5.01. The van der Waals surface area contributed by atoms with E-state index in [1.807, 2.05) is 0 Å². The van der Waals surface area contributed by atoms with Crippen molar-refractivity contribution in [2.75, 3.05) is 0 Å². The van der Waals surface area contributed by atoms with Crippen molar-refractivity contribution in [3.8, 4) is 6.07 Å². The Morgan fingerprint density at radius 2 is 2.38 bits per heavy atom. The Morgan fingerprint density at radius 3 is 3.06 bits per heavy atom. The third-order valence-electron chi connectivity index (χ3n) is 2.86. The number of hydrogen-bond donors (Lipinski definition) is 1. The van der Waals surface area contributed by atoms with Crippen LogP contribution in [0.5, 0.6) is 0 Å². The molecule has 2 atom stereocenters. The van der Waals surface area contributed by atoms with Gasteiger partial charge in [0.15, 0.2) is 0 Å². The summed E-state index contributed by atoms with van der Waals surface area (Å²) >= 11 is 0. The largest absolute Gasteiger partial charge is 0.388 e. The van der Waals surface area contributed by atoms with Crippen molar-refractivity contribution in [1.29, 1.82) is 5.26 Å². The van der Waals surface area contributed by atoms with Gasteiger partial charge in [-0.2, -0.15) is 5.26 Å². The number of aliphatic hydroxyl groups excluding tert-OH is 1. The van der Waals surface area contributed by atoms with Crippen molar-refractivity contribution in [1.82, 2.24) is 0 Å². The topological polar surface area (TPSA) is 92.8 Å². The first kappa shape index (κ1) is 10.5. The number of nitriles is 1. The fraction of sp³-hybridized carbons (Fsp3) is 0.364. The molecule has 0 aliphatic heterocycles. The molecule has 1 aliphatic rings. The standard InChI is InChI=1S/C11H10N4O/c12-6-7-1-3-9-8(5-7)2-4-10(11(9)16)14-15-13/h1,3,5,10-11,16H,2,4H2/t10-,11-/m0/s1. The molecule has 0 saturated heterocycles. The lowest BCUT2D eigenvalue weighted by molar-refractivity contribution is 0.134. The minimum absolute atomic E-state index is 0.398. The number of hydrogen-bond acceptors (Lipinski definition) is 3. The van der Waals surface area contributed by atoms with Gasteiger partial charge in [-0.05, 0) is 41.6 Å². The summed E-state index contributed by atoms with van der Waals surface area (Å²) < 4.78 is 0. The summed E-state index contributed by atoms with van der Waals surface area (Å²) in [5.74, 6) is 0. The maximum absolute atomic E-state index is 9.97. The maximum Gasteiger partial charge on any atom is 0.0991 e. The summed E-state index contributed by atoms with van der Waals surface area (Å²) in [6.45, 7) is 0. The molecule has 0 heterocycles.